The van der Waals surface area contributed by atoms with Crippen molar-refractivity contribution in [1.82, 2.24) is 9.55 Å². The minimum Gasteiger partial charge on any atom is -0.486 e. The van der Waals surface area contributed by atoms with Gasteiger partial charge in [0.05, 0.1) is 12.1 Å². The van der Waals surface area contributed by atoms with Crippen LogP contribution < -0.4 is 9.61 Å². The Morgan fingerprint density at radius 2 is 1.96 bits per heavy atom. The van der Waals surface area contributed by atoms with Gasteiger partial charge in [-0.05, 0) is 31.2 Å². The molecule has 3 rings (SSSR count). The predicted molar refractivity (Wildman–Crippen MR) is 101 cm³/mol. The predicted octanol–water partition coefficient (Wildman–Crippen LogP) is 3.53. The summed E-state index contributed by atoms with van der Waals surface area (Å²) in [5, 5.41) is 4.29. The molecule has 0 aliphatic heterocycles. The first-order valence-electron chi connectivity index (χ1n) is 8.13. The van der Waals surface area contributed by atoms with Crippen molar-refractivity contribution in [2.45, 2.75) is 33.1 Å². The van der Waals surface area contributed by atoms with Crippen LogP contribution >= 0.6 is 22.7 Å². The van der Waals surface area contributed by atoms with Crippen LogP contribution in [0.15, 0.2) is 39.8 Å². The lowest BCUT2D eigenvalue weighted by Crippen LogP contribution is -2.17. The van der Waals surface area contributed by atoms with Crippen molar-refractivity contribution in [2.24, 2.45) is 0 Å². The van der Waals surface area contributed by atoms with Crippen LogP contribution in [0.2, 0.25) is 0 Å². The highest BCUT2D eigenvalue weighted by molar-refractivity contribution is 7.09. The summed E-state index contributed by atoms with van der Waals surface area (Å²) in [5.41, 5.74) is 1.47. The van der Waals surface area contributed by atoms with Gasteiger partial charge in [-0.25, -0.2) is 9.37 Å². The highest BCUT2D eigenvalue weighted by atomic mass is 32.1. The molecule has 0 bridgehead atoms. The number of hydrogen-bond acceptors (Lipinski definition) is 7. The van der Waals surface area contributed by atoms with Crippen LogP contribution in [0.3, 0.4) is 0 Å². The number of nitrogens with zero attached hydrogens (tertiary/aromatic N) is 2. The van der Waals surface area contributed by atoms with Crippen molar-refractivity contribution >= 4 is 28.6 Å². The van der Waals surface area contributed by atoms with E-state index < -0.39 is 0 Å². The molecule has 0 saturated carbocycles. The second-order valence-corrected chi connectivity index (χ2v) is 7.44. The lowest BCUT2D eigenvalue weighted by molar-refractivity contribution is -0.145. The fourth-order valence-corrected chi connectivity index (χ4v) is 3.71. The largest absolute Gasteiger partial charge is 0.486 e. The summed E-state index contributed by atoms with van der Waals surface area (Å²) in [7, 11) is 0. The highest BCUT2D eigenvalue weighted by Gasteiger charge is 2.10. The molecule has 0 atom stereocenters. The van der Waals surface area contributed by atoms with Gasteiger partial charge in [-0.2, -0.15) is 0 Å². The number of esters is 1. The maximum atomic E-state index is 12.9. The molecule has 0 aliphatic carbocycles. The molecule has 2 aromatic heterocycles. The van der Waals surface area contributed by atoms with E-state index >= 15 is 0 Å². The first-order valence-corrected chi connectivity index (χ1v) is 9.89. The summed E-state index contributed by atoms with van der Waals surface area (Å²) in [4.78, 5) is 27.7. The number of carbonyl (C=O) groups excluding carboxylic acids is 1. The number of aryl methyl sites for hydroxylation is 1. The number of carbonyl (C=O) groups is 1. The van der Waals surface area contributed by atoms with Crippen molar-refractivity contribution < 1.29 is 18.7 Å². The molecule has 6 nitrogen and oxygen atoms in total. The molecule has 0 fully saturated rings. The van der Waals surface area contributed by atoms with Gasteiger partial charge in [0.2, 0.25) is 0 Å². The Labute approximate surface area is 162 Å². The molecule has 0 spiro atoms. The highest BCUT2D eigenvalue weighted by Crippen LogP contribution is 2.16. The van der Waals surface area contributed by atoms with Crippen molar-refractivity contribution in [3.8, 4) is 5.75 Å². The van der Waals surface area contributed by atoms with Gasteiger partial charge in [0.15, 0.2) is 0 Å². The van der Waals surface area contributed by atoms with E-state index in [1.54, 1.807) is 27.5 Å². The molecule has 0 radical (unpaired) electrons. The standard InChI is InChI=1S/C18H17FN2O4S2/c1-12-10-27-18(23)21(12)7-6-17(22)25-8-14-11-26-16(20-14)9-24-15-4-2-13(19)3-5-15/h2-5,10-11H,6-9H2,1H3. The Bertz CT molecular complexity index is 962. The van der Waals surface area contributed by atoms with Crippen LogP contribution in [-0.4, -0.2) is 15.5 Å². The Morgan fingerprint density at radius 1 is 1.19 bits per heavy atom. The van der Waals surface area contributed by atoms with E-state index in [2.05, 4.69) is 4.98 Å². The summed E-state index contributed by atoms with van der Waals surface area (Å²) < 4.78 is 25.1. The summed E-state index contributed by atoms with van der Waals surface area (Å²) in [6, 6.07) is 5.75. The second kappa shape index (κ2) is 8.92. The molecule has 0 aliphatic rings. The minimum absolute atomic E-state index is 0.0728. The van der Waals surface area contributed by atoms with Gasteiger partial charge in [-0.15, -0.1) is 11.3 Å². The third-order valence-corrected chi connectivity index (χ3v) is 5.42. The van der Waals surface area contributed by atoms with Crippen LogP contribution in [0.25, 0.3) is 0 Å². The number of ether oxygens (including phenoxy) is 2. The molecule has 3 aromatic rings. The van der Waals surface area contributed by atoms with Crippen LogP contribution in [0, 0.1) is 12.7 Å². The van der Waals surface area contributed by atoms with Crippen LogP contribution in [-0.2, 0) is 29.3 Å². The molecule has 0 amide bonds. The molecular formula is C18H17FN2O4S2. The molecule has 9 heteroatoms. The molecule has 27 heavy (non-hydrogen) atoms. The van der Waals surface area contributed by atoms with E-state index in [0.29, 0.717) is 18.0 Å². The second-order valence-electron chi connectivity index (χ2n) is 5.68. The van der Waals surface area contributed by atoms with E-state index in [4.69, 9.17) is 9.47 Å². The summed E-state index contributed by atoms with van der Waals surface area (Å²) in [6.45, 7) is 2.46. The van der Waals surface area contributed by atoms with Crippen molar-refractivity contribution in [3.05, 3.63) is 66.9 Å². The summed E-state index contributed by atoms with van der Waals surface area (Å²) >= 11 is 2.51. The van der Waals surface area contributed by atoms with Gasteiger partial charge in [0.25, 0.3) is 0 Å². The van der Waals surface area contributed by atoms with E-state index in [0.717, 1.165) is 22.0 Å². The Morgan fingerprint density at radius 3 is 2.67 bits per heavy atom. The maximum Gasteiger partial charge on any atom is 0.307 e. The number of thiazole rings is 2. The molecule has 0 unspecified atom stereocenters. The smallest absolute Gasteiger partial charge is 0.307 e. The molecule has 0 N–H and O–H groups in total. The van der Waals surface area contributed by atoms with Gasteiger partial charge < -0.3 is 14.0 Å². The summed E-state index contributed by atoms with van der Waals surface area (Å²) in [6.07, 6.45) is 0.127. The number of rotatable bonds is 8. The van der Waals surface area contributed by atoms with Crippen molar-refractivity contribution in [3.63, 3.8) is 0 Å². The molecule has 1 aromatic carbocycles. The number of halogens is 1. The maximum absolute atomic E-state index is 12.9. The number of hydrogen-bond donors (Lipinski definition) is 0. The van der Waals surface area contributed by atoms with Gasteiger partial charge in [-0.3, -0.25) is 9.59 Å². The van der Waals surface area contributed by atoms with Gasteiger partial charge >= 0.3 is 10.8 Å². The van der Waals surface area contributed by atoms with Gasteiger partial charge in [0, 0.05) is 23.0 Å². The van der Waals surface area contributed by atoms with E-state index in [1.165, 1.54) is 23.5 Å². The number of aromatic nitrogens is 2. The van der Waals surface area contributed by atoms with Crippen LogP contribution in [0.4, 0.5) is 4.39 Å². The first-order chi connectivity index (χ1) is 13.0. The van der Waals surface area contributed by atoms with Crippen LogP contribution in [0.5, 0.6) is 5.75 Å². The van der Waals surface area contributed by atoms with Gasteiger partial charge in [-0.1, -0.05) is 11.3 Å². The fraction of sp³-hybridized carbons (Fsp3) is 0.278. The molecule has 2 heterocycles. The fourth-order valence-electron chi connectivity index (χ4n) is 2.26. The zero-order chi connectivity index (χ0) is 19.2. The number of benzene rings is 1. The van der Waals surface area contributed by atoms with E-state index in [1.807, 2.05) is 6.92 Å². The molecular weight excluding hydrogens is 391 g/mol. The quantitative estimate of drug-likeness (QED) is 0.534. The van der Waals surface area contributed by atoms with Gasteiger partial charge in [0.1, 0.15) is 29.8 Å². The monoisotopic (exact) mass is 408 g/mol. The zero-order valence-electron chi connectivity index (χ0n) is 14.5. The lowest BCUT2D eigenvalue weighted by Gasteiger charge is -2.05. The Hall–Kier alpha value is -2.52. The SMILES string of the molecule is Cc1csc(=O)n1CCC(=O)OCc1csc(COc2ccc(F)cc2)n1. The van der Waals surface area contributed by atoms with Crippen molar-refractivity contribution in [1.29, 1.82) is 0 Å². The summed E-state index contributed by atoms with van der Waals surface area (Å²) in [5.74, 6) is -0.150. The third kappa shape index (κ3) is 5.48. The average Bonchev–Trinajstić information content (AvgIpc) is 3.24. The van der Waals surface area contributed by atoms with Crippen molar-refractivity contribution in [2.75, 3.05) is 0 Å². The zero-order valence-corrected chi connectivity index (χ0v) is 16.1. The van der Waals surface area contributed by atoms with Crippen LogP contribution in [0.1, 0.15) is 22.8 Å². The van der Waals surface area contributed by atoms with E-state index in [-0.39, 0.29) is 36.3 Å². The average molecular weight is 408 g/mol. The minimum atomic E-state index is -0.385. The molecule has 142 valence electrons. The molecule has 0 saturated heterocycles. The normalized spacial score (nSPS) is 10.7. The lowest BCUT2D eigenvalue weighted by atomic mass is 10.3. The first kappa shape index (κ1) is 19.2. The van der Waals surface area contributed by atoms with E-state index in [9.17, 15) is 14.0 Å². The Kier molecular flexibility index (Phi) is 6.36. The Balaban J connectivity index is 1.43. The topological polar surface area (TPSA) is 70.4 Å². The third-order valence-electron chi connectivity index (χ3n) is 3.67.